The number of likely N-dealkylation sites (tertiary alicyclic amines) is 1. The van der Waals surface area contributed by atoms with Crippen molar-refractivity contribution in [2.75, 3.05) is 13.1 Å². The number of halogens is 1. The Labute approximate surface area is 120 Å². The molecule has 1 aromatic heterocycles. The van der Waals surface area contributed by atoms with Crippen molar-refractivity contribution < 1.29 is 9.21 Å². The summed E-state index contributed by atoms with van der Waals surface area (Å²) in [7, 11) is 0. The molecule has 1 amide bonds. The molecule has 19 heavy (non-hydrogen) atoms. The number of carbonyl (C=O) groups is 1. The standard InChI is InChI=1S/C14H22N2O2.ClH/c1-2-4-11-5-3-6-16(9-11)14(17)12-7-13(8-15)18-10-12;/h7,10-11H,2-6,8-9,15H2,1H3;1H. The number of hydrogen-bond acceptors (Lipinski definition) is 3. The molecule has 2 heterocycles. The summed E-state index contributed by atoms with van der Waals surface area (Å²) in [5, 5.41) is 0. The molecule has 2 N–H and O–H groups in total. The van der Waals surface area contributed by atoms with Crippen LogP contribution < -0.4 is 5.73 Å². The monoisotopic (exact) mass is 286 g/mol. The second kappa shape index (κ2) is 7.56. The maximum atomic E-state index is 12.3. The Hall–Kier alpha value is -1.00. The first-order valence-corrected chi connectivity index (χ1v) is 6.81. The van der Waals surface area contributed by atoms with Gasteiger partial charge in [0.2, 0.25) is 0 Å². The molecule has 1 aliphatic heterocycles. The minimum Gasteiger partial charge on any atom is -0.467 e. The van der Waals surface area contributed by atoms with Gasteiger partial charge in [0.25, 0.3) is 5.91 Å². The van der Waals surface area contributed by atoms with Gasteiger partial charge in [0.15, 0.2) is 0 Å². The number of nitrogens with zero attached hydrogens (tertiary/aromatic N) is 1. The molecule has 0 radical (unpaired) electrons. The largest absolute Gasteiger partial charge is 0.467 e. The van der Waals surface area contributed by atoms with E-state index in [2.05, 4.69) is 6.92 Å². The highest BCUT2D eigenvalue weighted by Crippen LogP contribution is 2.22. The van der Waals surface area contributed by atoms with Crippen LogP contribution in [-0.4, -0.2) is 23.9 Å². The Bertz CT molecular complexity index is 404. The van der Waals surface area contributed by atoms with E-state index in [9.17, 15) is 4.79 Å². The highest BCUT2D eigenvalue weighted by atomic mass is 35.5. The smallest absolute Gasteiger partial charge is 0.257 e. The van der Waals surface area contributed by atoms with Crippen molar-refractivity contribution in [3.8, 4) is 0 Å². The lowest BCUT2D eigenvalue weighted by molar-refractivity contribution is 0.0667. The van der Waals surface area contributed by atoms with Gasteiger partial charge in [-0.3, -0.25) is 4.79 Å². The van der Waals surface area contributed by atoms with Crippen LogP contribution in [0.1, 0.15) is 48.7 Å². The number of amides is 1. The fraction of sp³-hybridized carbons (Fsp3) is 0.643. The van der Waals surface area contributed by atoms with Crippen molar-refractivity contribution in [2.24, 2.45) is 11.7 Å². The zero-order valence-electron chi connectivity index (χ0n) is 11.4. The van der Waals surface area contributed by atoms with Crippen LogP contribution in [0, 0.1) is 5.92 Å². The number of nitrogens with two attached hydrogens (primary N) is 1. The van der Waals surface area contributed by atoms with Gasteiger partial charge in [0, 0.05) is 13.1 Å². The second-order valence-electron chi connectivity index (χ2n) is 5.05. The van der Waals surface area contributed by atoms with Gasteiger partial charge in [-0.15, -0.1) is 12.4 Å². The summed E-state index contributed by atoms with van der Waals surface area (Å²) in [6.45, 7) is 4.29. The van der Waals surface area contributed by atoms with Crippen molar-refractivity contribution in [1.82, 2.24) is 4.90 Å². The first-order valence-electron chi connectivity index (χ1n) is 6.81. The molecular formula is C14H23ClN2O2. The van der Waals surface area contributed by atoms with E-state index >= 15 is 0 Å². The summed E-state index contributed by atoms with van der Waals surface area (Å²) < 4.78 is 5.23. The van der Waals surface area contributed by atoms with Crippen LogP contribution in [0.25, 0.3) is 0 Å². The fourth-order valence-electron chi connectivity index (χ4n) is 2.68. The minimum absolute atomic E-state index is 0. The Morgan fingerprint density at radius 2 is 2.37 bits per heavy atom. The van der Waals surface area contributed by atoms with Crippen LogP contribution in [0.2, 0.25) is 0 Å². The number of carbonyl (C=O) groups excluding carboxylic acids is 1. The lowest BCUT2D eigenvalue weighted by Gasteiger charge is -2.32. The topological polar surface area (TPSA) is 59.5 Å². The van der Waals surface area contributed by atoms with Gasteiger partial charge < -0.3 is 15.1 Å². The highest BCUT2D eigenvalue weighted by molar-refractivity contribution is 5.94. The lowest BCUT2D eigenvalue weighted by atomic mass is 9.93. The molecule has 1 aliphatic rings. The van der Waals surface area contributed by atoms with Gasteiger partial charge in [0.1, 0.15) is 12.0 Å². The Kier molecular flexibility index (Phi) is 6.38. The molecule has 0 spiro atoms. The summed E-state index contributed by atoms with van der Waals surface area (Å²) >= 11 is 0. The molecular weight excluding hydrogens is 264 g/mol. The van der Waals surface area contributed by atoms with Crippen LogP contribution in [0.4, 0.5) is 0 Å². The van der Waals surface area contributed by atoms with E-state index < -0.39 is 0 Å². The van der Waals surface area contributed by atoms with Gasteiger partial charge in [-0.1, -0.05) is 13.3 Å². The predicted octanol–water partition coefficient (Wildman–Crippen LogP) is 2.81. The van der Waals surface area contributed by atoms with Crippen molar-refractivity contribution in [3.05, 3.63) is 23.7 Å². The van der Waals surface area contributed by atoms with Crippen LogP contribution in [0.15, 0.2) is 16.7 Å². The van der Waals surface area contributed by atoms with Gasteiger partial charge in [-0.25, -0.2) is 0 Å². The highest BCUT2D eigenvalue weighted by Gasteiger charge is 2.24. The molecule has 1 saturated heterocycles. The van der Waals surface area contributed by atoms with E-state index in [4.69, 9.17) is 10.2 Å². The Morgan fingerprint density at radius 3 is 3.00 bits per heavy atom. The van der Waals surface area contributed by atoms with Crippen LogP contribution >= 0.6 is 12.4 Å². The van der Waals surface area contributed by atoms with E-state index in [0.29, 0.717) is 23.8 Å². The van der Waals surface area contributed by atoms with E-state index in [0.717, 1.165) is 19.5 Å². The van der Waals surface area contributed by atoms with Crippen molar-refractivity contribution in [3.63, 3.8) is 0 Å². The van der Waals surface area contributed by atoms with Crippen LogP contribution in [0.3, 0.4) is 0 Å². The normalized spacial score (nSPS) is 19.1. The molecule has 1 atom stereocenters. The van der Waals surface area contributed by atoms with E-state index in [1.54, 1.807) is 6.07 Å². The quantitative estimate of drug-likeness (QED) is 0.926. The second-order valence-corrected chi connectivity index (χ2v) is 5.05. The molecule has 1 unspecified atom stereocenters. The SMILES string of the molecule is CCCC1CCCN(C(=O)c2coc(CN)c2)C1.Cl. The van der Waals surface area contributed by atoms with Gasteiger partial charge in [-0.05, 0) is 31.2 Å². The molecule has 2 rings (SSSR count). The molecule has 108 valence electrons. The van der Waals surface area contributed by atoms with E-state index in [-0.39, 0.29) is 18.3 Å². The average Bonchev–Trinajstić information content (AvgIpc) is 2.87. The lowest BCUT2D eigenvalue weighted by Crippen LogP contribution is -2.39. The molecule has 0 saturated carbocycles. The van der Waals surface area contributed by atoms with Crippen LogP contribution in [-0.2, 0) is 6.54 Å². The number of rotatable bonds is 4. The predicted molar refractivity (Wildman–Crippen MR) is 77.4 cm³/mol. The number of hydrogen-bond donors (Lipinski definition) is 1. The zero-order chi connectivity index (χ0) is 13.0. The average molecular weight is 287 g/mol. The Balaban J connectivity index is 0.00000180. The first kappa shape index (κ1) is 16.1. The molecule has 1 fully saturated rings. The van der Waals surface area contributed by atoms with E-state index in [1.807, 2.05) is 4.90 Å². The summed E-state index contributed by atoms with van der Waals surface area (Å²) in [4.78, 5) is 14.3. The maximum Gasteiger partial charge on any atom is 0.257 e. The summed E-state index contributed by atoms with van der Waals surface area (Å²) in [5.74, 6) is 1.41. The summed E-state index contributed by atoms with van der Waals surface area (Å²) in [6.07, 6.45) is 6.28. The Morgan fingerprint density at radius 1 is 1.58 bits per heavy atom. The minimum atomic E-state index is 0. The van der Waals surface area contributed by atoms with Crippen molar-refractivity contribution in [1.29, 1.82) is 0 Å². The number of piperidine rings is 1. The van der Waals surface area contributed by atoms with Crippen molar-refractivity contribution >= 4 is 18.3 Å². The molecule has 0 bridgehead atoms. The third-order valence-corrected chi connectivity index (χ3v) is 3.61. The third-order valence-electron chi connectivity index (χ3n) is 3.61. The van der Waals surface area contributed by atoms with Gasteiger partial charge >= 0.3 is 0 Å². The van der Waals surface area contributed by atoms with E-state index in [1.165, 1.54) is 25.5 Å². The zero-order valence-corrected chi connectivity index (χ0v) is 12.2. The van der Waals surface area contributed by atoms with Gasteiger partial charge in [-0.2, -0.15) is 0 Å². The molecule has 5 heteroatoms. The molecule has 0 aromatic carbocycles. The molecule has 1 aromatic rings. The summed E-state index contributed by atoms with van der Waals surface area (Å²) in [5.41, 5.74) is 6.12. The summed E-state index contributed by atoms with van der Waals surface area (Å²) in [6, 6.07) is 1.76. The molecule has 4 nitrogen and oxygen atoms in total. The maximum absolute atomic E-state index is 12.3. The third kappa shape index (κ3) is 3.98. The van der Waals surface area contributed by atoms with Crippen LogP contribution in [0.5, 0.6) is 0 Å². The molecule has 0 aliphatic carbocycles. The number of furan rings is 1. The van der Waals surface area contributed by atoms with Crippen molar-refractivity contribution in [2.45, 2.75) is 39.2 Å². The van der Waals surface area contributed by atoms with Gasteiger partial charge in [0.05, 0.1) is 12.1 Å². The first-order chi connectivity index (χ1) is 8.74. The fourth-order valence-corrected chi connectivity index (χ4v) is 2.68.